The van der Waals surface area contributed by atoms with Gasteiger partial charge >= 0.3 is 5.97 Å². The Balaban J connectivity index is 1.92. The number of amides is 1. The summed E-state index contributed by atoms with van der Waals surface area (Å²) in [5.41, 5.74) is 1.64. The van der Waals surface area contributed by atoms with Crippen molar-refractivity contribution < 1.29 is 22.7 Å². The molecule has 2 N–H and O–H groups in total. The molecule has 3 rings (SSSR count). The van der Waals surface area contributed by atoms with Crippen LogP contribution in [0.2, 0.25) is 10.0 Å². The molecule has 0 atom stereocenters. The van der Waals surface area contributed by atoms with Crippen LogP contribution in [0, 0.1) is 6.92 Å². The van der Waals surface area contributed by atoms with E-state index in [-0.39, 0.29) is 26.1 Å². The molecule has 0 bridgehead atoms. The predicted octanol–water partition coefficient (Wildman–Crippen LogP) is 5.14. The topological polar surface area (TPSA) is 102 Å². The van der Waals surface area contributed by atoms with Gasteiger partial charge in [-0.2, -0.15) is 0 Å². The molecule has 0 radical (unpaired) electrons. The van der Waals surface area contributed by atoms with E-state index < -0.39 is 21.9 Å². The third-order valence-electron chi connectivity index (χ3n) is 4.37. The van der Waals surface area contributed by atoms with E-state index >= 15 is 0 Å². The lowest BCUT2D eigenvalue weighted by atomic mass is 10.1. The molecule has 1 amide bonds. The second-order valence-electron chi connectivity index (χ2n) is 6.76. The summed E-state index contributed by atoms with van der Waals surface area (Å²) in [6, 6.07) is 15.1. The summed E-state index contributed by atoms with van der Waals surface area (Å²) in [4.78, 5) is 24.2. The normalized spacial score (nSPS) is 11.0. The van der Waals surface area contributed by atoms with Gasteiger partial charge in [-0.15, -0.1) is 0 Å². The van der Waals surface area contributed by atoms with Crippen LogP contribution in [0.15, 0.2) is 65.6 Å². The molecule has 0 saturated carbocycles. The van der Waals surface area contributed by atoms with Crippen molar-refractivity contribution in [2.24, 2.45) is 0 Å². The summed E-state index contributed by atoms with van der Waals surface area (Å²) in [5, 5.41) is 2.41. The number of carbonyl (C=O) groups excluding carboxylic acids is 2. The fourth-order valence-corrected chi connectivity index (χ4v) is 4.78. The Kier molecular flexibility index (Phi) is 7.08. The number of hydrogen-bond acceptors (Lipinski definition) is 5. The van der Waals surface area contributed by atoms with E-state index in [1.165, 1.54) is 25.3 Å². The number of anilines is 2. The lowest BCUT2D eigenvalue weighted by Gasteiger charge is -2.13. The number of methoxy groups -OCH3 is 1. The maximum atomic E-state index is 12.9. The molecule has 0 aromatic heterocycles. The number of rotatable bonds is 6. The van der Waals surface area contributed by atoms with Crippen LogP contribution in [-0.2, 0) is 14.8 Å². The van der Waals surface area contributed by atoms with Gasteiger partial charge in [-0.3, -0.25) is 9.52 Å². The molecule has 0 aliphatic rings. The first kappa shape index (κ1) is 23.6. The van der Waals surface area contributed by atoms with Gasteiger partial charge < -0.3 is 10.1 Å². The van der Waals surface area contributed by atoms with Crippen molar-refractivity contribution in [1.82, 2.24) is 0 Å². The molecule has 0 saturated heterocycles. The lowest BCUT2D eigenvalue weighted by molar-refractivity contribution is 0.0600. The highest BCUT2D eigenvalue weighted by atomic mass is 35.5. The Morgan fingerprint density at radius 1 is 0.906 bits per heavy atom. The highest BCUT2D eigenvalue weighted by Crippen LogP contribution is 2.30. The molecule has 0 heterocycles. The monoisotopic (exact) mass is 492 g/mol. The van der Waals surface area contributed by atoms with Gasteiger partial charge in [-0.05, 0) is 55.0 Å². The van der Waals surface area contributed by atoms with E-state index in [0.717, 1.165) is 11.6 Å². The summed E-state index contributed by atoms with van der Waals surface area (Å²) in [7, 11) is -2.87. The summed E-state index contributed by atoms with van der Waals surface area (Å²) >= 11 is 12.3. The zero-order valence-corrected chi connectivity index (χ0v) is 19.3. The van der Waals surface area contributed by atoms with E-state index in [4.69, 9.17) is 23.2 Å². The largest absolute Gasteiger partial charge is 0.465 e. The summed E-state index contributed by atoms with van der Waals surface area (Å²) in [6.07, 6.45) is 0. The molecule has 0 aliphatic heterocycles. The molecule has 0 unspecified atom stereocenters. The lowest BCUT2D eigenvalue weighted by Crippen LogP contribution is -2.17. The number of hydrogen-bond donors (Lipinski definition) is 2. The average molecular weight is 493 g/mol. The average Bonchev–Trinajstić information content (AvgIpc) is 2.72. The number of ether oxygens (including phenoxy) is 1. The number of halogens is 2. The molecule has 166 valence electrons. The van der Waals surface area contributed by atoms with Crippen molar-refractivity contribution in [3.05, 3.63) is 87.4 Å². The predicted molar refractivity (Wildman–Crippen MR) is 124 cm³/mol. The van der Waals surface area contributed by atoms with Gasteiger partial charge in [0, 0.05) is 11.4 Å². The van der Waals surface area contributed by atoms with Crippen molar-refractivity contribution in [3.63, 3.8) is 0 Å². The zero-order valence-electron chi connectivity index (χ0n) is 17.0. The standard InChI is InChI=1S/C22H18Cl2N2O5S/c1-13-5-3-8-16(9-13)26-32(29,30)20-11-17(18(23)12-19(20)24)21(27)25-15-7-4-6-14(10-15)22(28)31-2/h3-12,26H,1-2H3,(H,25,27). The molecular weight excluding hydrogens is 475 g/mol. The fraction of sp³-hybridized carbons (Fsp3) is 0.0909. The van der Waals surface area contributed by atoms with Crippen molar-refractivity contribution >= 4 is 56.5 Å². The molecule has 3 aromatic rings. The van der Waals surface area contributed by atoms with Crippen LogP contribution in [0.5, 0.6) is 0 Å². The van der Waals surface area contributed by atoms with Crippen LogP contribution in [0.4, 0.5) is 11.4 Å². The van der Waals surface area contributed by atoms with Crippen molar-refractivity contribution in [2.45, 2.75) is 11.8 Å². The summed E-state index contributed by atoms with van der Waals surface area (Å²) < 4.78 is 32.9. The molecule has 32 heavy (non-hydrogen) atoms. The molecule has 0 fully saturated rings. The van der Waals surface area contributed by atoms with Gasteiger partial charge in [0.1, 0.15) is 4.90 Å². The number of aryl methyl sites for hydroxylation is 1. The number of nitrogens with one attached hydrogen (secondary N) is 2. The first-order chi connectivity index (χ1) is 15.1. The minimum Gasteiger partial charge on any atom is -0.465 e. The number of esters is 1. The van der Waals surface area contributed by atoms with E-state index in [1.807, 2.05) is 13.0 Å². The van der Waals surface area contributed by atoms with Gasteiger partial charge in [0.2, 0.25) is 0 Å². The van der Waals surface area contributed by atoms with E-state index in [2.05, 4.69) is 14.8 Å². The molecule has 7 nitrogen and oxygen atoms in total. The summed E-state index contributed by atoms with van der Waals surface area (Å²) in [6.45, 7) is 1.82. The third-order valence-corrected chi connectivity index (χ3v) is 6.53. The second-order valence-corrected chi connectivity index (χ2v) is 9.23. The maximum Gasteiger partial charge on any atom is 0.337 e. The summed E-state index contributed by atoms with van der Waals surface area (Å²) in [5.74, 6) is -1.25. The van der Waals surface area contributed by atoms with E-state index in [9.17, 15) is 18.0 Å². The van der Waals surface area contributed by atoms with Gasteiger partial charge in [-0.25, -0.2) is 13.2 Å². The van der Waals surface area contributed by atoms with Gasteiger partial charge in [0.05, 0.1) is 28.3 Å². The Bertz CT molecular complexity index is 1310. The van der Waals surface area contributed by atoms with E-state index in [1.54, 1.807) is 30.3 Å². The van der Waals surface area contributed by atoms with Crippen LogP contribution in [0.3, 0.4) is 0 Å². The van der Waals surface area contributed by atoms with Crippen LogP contribution >= 0.6 is 23.2 Å². The first-order valence-corrected chi connectivity index (χ1v) is 11.4. The smallest absolute Gasteiger partial charge is 0.337 e. The molecule has 0 spiro atoms. The van der Waals surface area contributed by atoms with Gasteiger partial charge in [0.25, 0.3) is 15.9 Å². The van der Waals surface area contributed by atoms with Gasteiger partial charge in [0.15, 0.2) is 0 Å². The quantitative estimate of drug-likeness (QED) is 0.463. The van der Waals surface area contributed by atoms with Crippen LogP contribution < -0.4 is 10.0 Å². The minimum atomic E-state index is -4.11. The molecule has 0 aliphatic carbocycles. The zero-order chi connectivity index (χ0) is 23.5. The SMILES string of the molecule is COC(=O)c1cccc(NC(=O)c2cc(S(=O)(=O)Nc3cccc(C)c3)c(Cl)cc2Cl)c1. The Morgan fingerprint density at radius 2 is 1.59 bits per heavy atom. The molecule has 3 aromatic carbocycles. The Hall–Kier alpha value is -3.07. The first-order valence-electron chi connectivity index (χ1n) is 9.19. The van der Waals surface area contributed by atoms with Crippen molar-refractivity contribution in [3.8, 4) is 0 Å². The van der Waals surface area contributed by atoms with Crippen molar-refractivity contribution in [1.29, 1.82) is 0 Å². The number of sulfonamides is 1. The fourth-order valence-electron chi connectivity index (χ4n) is 2.87. The van der Waals surface area contributed by atoms with E-state index in [0.29, 0.717) is 11.4 Å². The number of carbonyl (C=O) groups is 2. The Labute approximate surface area is 195 Å². The maximum absolute atomic E-state index is 12.9. The van der Waals surface area contributed by atoms with Gasteiger partial charge in [-0.1, -0.05) is 41.4 Å². The third kappa shape index (κ3) is 5.40. The minimum absolute atomic E-state index is 0.0360. The second kappa shape index (κ2) is 9.60. The highest BCUT2D eigenvalue weighted by Gasteiger charge is 2.23. The molecular formula is C22H18Cl2N2O5S. The highest BCUT2D eigenvalue weighted by molar-refractivity contribution is 7.92. The van der Waals surface area contributed by atoms with Crippen LogP contribution in [0.1, 0.15) is 26.3 Å². The molecule has 10 heteroatoms. The van der Waals surface area contributed by atoms with Crippen molar-refractivity contribution in [2.75, 3.05) is 17.1 Å². The van der Waals surface area contributed by atoms with Crippen LogP contribution in [0.25, 0.3) is 0 Å². The Morgan fingerprint density at radius 3 is 2.28 bits per heavy atom. The number of benzene rings is 3. The van der Waals surface area contributed by atoms with Crippen LogP contribution in [-0.4, -0.2) is 27.4 Å².